The molecule has 4 rings (SSSR count). The molecule has 0 spiro atoms. The van der Waals surface area contributed by atoms with Crippen LogP contribution in [0.5, 0.6) is 0 Å². The molecule has 2 fully saturated rings. The van der Waals surface area contributed by atoms with E-state index in [0.717, 1.165) is 18.4 Å². The zero-order chi connectivity index (χ0) is 20.1. The minimum atomic E-state index is -0.248. The van der Waals surface area contributed by atoms with Gasteiger partial charge in [0.25, 0.3) is 0 Å². The molecule has 2 aliphatic rings. The lowest BCUT2D eigenvalue weighted by Crippen LogP contribution is -2.57. The molecule has 0 bridgehead atoms. The van der Waals surface area contributed by atoms with Gasteiger partial charge in [0.1, 0.15) is 6.61 Å². The number of hydrogen-bond donors (Lipinski definition) is 0. The highest BCUT2D eigenvalue weighted by Gasteiger charge is 2.43. The third-order valence-electron chi connectivity index (χ3n) is 5.85. The summed E-state index contributed by atoms with van der Waals surface area (Å²) in [6.45, 7) is 4.08. The third kappa shape index (κ3) is 5.17. The van der Waals surface area contributed by atoms with E-state index in [9.17, 15) is 4.79 Å². The summed E-state index contributed by atoms with van der Waals surface area (Å²) in [5, 5.41) is 0. The number of morpholine rings is 1. The van der Waals surface area contributed by atoms with Gasteiger partial charge in [-0.25, -0.2) is 4.79 Å². The zero-order valence-electron chi connectivity index (χ0n) is 16.9. The van der Waals surface area contributed by atoms with Crippen molar-refractivity contribution in [3.05, 3.63) is 71.8 Å². The van der Waals surface area contributed by atoms with Crippen molar-refractivity contribution >= 4 is 6.09 Å². The van der Waals surface area contributed by atoms with E-state index in [0.29, 0.717) is 32.3 Å². The maximum atomic E-state index is 12.8. The van der Waals surface area contributed by atoms with Crippen LogP contribution in [-0.2, 0) is 27.4 Å². The number of nitrogens with zero attached hydrogens (tertiary/aromatic N) is 1. The van der Waals surface area contributed by atoms with Gasteiger partial charge in [0, 0.05) is 0 Å². The van der Waals surface area contributed by atoms with Crippen molar-refractivity contribution < 1.29 is 19.0 Å². The average Bonchev–Trinajstić information content (AvgIpc) is 2.73. The van der Waals surface area contributed by atoms with Gasteiger partial charge in [0.15, 0.2) is 0 Å². The molecule has 1 saturated heterocycles. The summed E-state index contributed by atoms with van der Waals surface area (Å²) in [7, 11) is 0. The molecular weight excluding hydrogens is 366 g/mol. The van der Waals surface area contributed by atoms with Crippen molar-refractivity contribution in [3.8, 4) is 0 Å². The molecule has 1 saturated carbocycles. The van der Waals surface area contributed by atoms with E-state index in [1.54, 1.807) is 0 Å². The van der Waals surface area contributed by atoms with Crippen LogP contribution in [0.15, 0.2) is 60.7 Å². The molecule has 154 valence electrons. The van der Waals surface area contributed by atoms with Gasteiger partial charge >= 0.3 is 6.09 Å². The Labute approximate surface area is 172 Å². The predicted molar refractivity (Wildman–Crippen MR) is 110 cm³/mol. The molecule has 1 amide bonds. The molecule has 0 aromatic heterocycles. The van der Waals surface area contributed by atoms with E-state index in [1.807, 2.05) is 60.4 Å². The lowest BCUT2D eigenvalue weighted by molar-refractivity contribution is -0.112. The van der Waals surface area contributed by atoms with Crippen LogP contribution in [0.25, 0.3) is 0 Å². The minimum absolute atomic E-state index is 0.0285. The molecule has 0 radical (unpaired) electrons. The maximum absolute atomic E-state index is 12.8. The maximum Gasteiger partial charge on any atom is 0.410 e. The molecule has 5 nitrogen and oxygen atoms in total. The number of hydrogen-bond acceptors (Lipinski definition) is 4. The predicted octanol–water partition coefficient (Wildman–Crippen LogP) is 4.41. The molecule has 0 N–H and O–H groups in total. The second-order valence-corrected chi connectivity index (χ2v) is 8.05. The van der Waals surface area contributed by atoms with Crippen LogP contribution in [0.2, 0.25) is 0 Å². The van der Waals surface area contributed by atoms with Gasteiger partial charge in [-0.3, -0.25) is 0 Å². The van der Waals surface area contributed by atoms with Crippen LogP contribution in [0.3, 0.4) is 0 Å². The van der Waals surface area contributed by atoms with E-state index < -0.39 is 0 Å². The Bertz CT molecular complexity index is 776. The molecule has 2 unspecified atom stereocenters. The first-order valence-electron chi connectivity index (χ1n) is 10.4. The fraction of sp³-hybridized carbons (Fsp3) is 0.458. The Balaban J connectivity index is 1.28. The monoisotopic (exact) mass is 395 g/mol. The largest absolute Gasteiger partial charge is 0.445 e. The fourth-order valence-electron chi connectivity index (χ4n) is 4.07. The summed E-state index contributed by atoms with van der Waals surface area (Å²) in [6.07, 6.45) is 1.94. The second kappa shape index (κ2) is 9.42. The summed E-state index contributed by atoms with van der Waals surface area (Å²) < 4.78 is 17.5. The second-order valence-electron chi connectivity index (χ2n) is 8.05. The number of rotatable bonds is 6. The summed E-state index contributed by atoms with van der Waals surface area (Å²) in [5.41, 5.74) is 2.19. The summed E-state index contributed by atoms with van der Waals surface area (Å²) in [5.74, 6) is 0.396. The van der Waals surface area contributed by atoms with Crippen LogP contribution in [0, 0.1) is 5.92 Å². The van der Waals surface area contributed by atoms with Crippen molar-refractivity contribution in [2.75, 3.05) is 13.2 Å². The fourth-order valence-corrected chi connectivity index (χ4v) is 4.07. The molecule has 1 aliphatic carbocycles. The Kier molecular flexibility index (Phi) is 6.47. The number of ether oxygens (including phenoxy) is 3. The zero-order valence-corrected chi connectivity index (χ0v) is 16.9. The minimum Gasteiger partial charge on any atom is -0.445 e. The van der Waals surface area contributed by atoms with Crippen LogP contribution >= 0.6 is 0 Å². The van der Waals surface area contributed by atoms with E-state index in [1.165, 1.54) is 5.56 Å². The molecule has 29 heavy (non-hydrogen) atoms. The first-order valence-corrected chi connectivity index (χ1v) is 10.4. The standard InChI is InChI=1S/C24H29NO4/c1-18-14-25(24(26)29-16-20-10-6-3-7-11-20)23(17-27-18)21-12-22(13-21)28-15-19-8-4-2-5-9-19/h2-11,18,21-23H,12-17H2,1H3. The Morgan fingerprint density at radius 2 is 1.62 bits per heavy atom. The SMILES string of the molecule is CC1CN(C(=O)OCc2ccccc2)C(C2CC(OCc3ccccc3)C2)CO1. The number of benzene rings is 2. The number of amides is 1. The van der Waals surface area contributed by atoms with Gasteiger partial charge in [0.05, 0.1) is 38.0 Å². The summed E-state index contributed by atoms with van der Waals surface area (Å²) in [6, 6.07) is 20.1. The van der Waals surface area contributed by atoms with Gasteiger partial charge in [-0.1, -0.05) is 60.7 Å². The lowest BCUT2D eigenvalue weighted by atomic mass is 9.76. The van der Waals surface area contributed by atoms with Gasteiger partial charge < -0.3 is 19.1 Å². The van der Waals surface area contributed by atoms with Crippen molar-refractivity contribution in [3.63, 3.8) is 0 Å². The first-order chi connectivity index (χ1) is 14.2. The van der Waals surface area contributed by atoms with Crippen molar-refractivity contribution in [1.29, 1.82) is 0 Å². The van der Waals surface area contributed by atoms with E-state index in [4.69, 9.17) is 14.2 Å². The Hall–Kier alpha value is -2.37. The van der Waals surface area contributed by atoms with Crippen molar-refractivity contribution in [2.24, 2.45) is 5.92 Å². The third-order valence-corrected chi connectivity index (χ3v) is 5.85. The van der Waals surface area contributed by atoms with Gasteiger partial charge in [-0.05, 0) is 36.8 Å². The highest BCUT2D eigenvalue weighted by molar-refractivity contribution is 5.68. The lowest BCUT2D eigenvalue weighted by Gasteiger charge is -2.47. The molecular formula is C24H29NO4. The van der Waals surface area contributed by atoms with Crippen LogP contribution in [0.4, 0.5) is 4.79 Å². The summed E-state index contributed by atoms with van der Waals surface area (Å²) >= 11 is 0. The van der Waals surface area contributed by atoms with E-state index in [2.05, 4.69) is 12.1 Å². The number of carbonyl (C=O) groups excluding carboxylic acids is 1. The quantitative estimate of drug-likeness (QED) is 0.727. The normalized spacial score (nSPS) is 26.6. The molecule has 2 atom stereocenters. The number of carbonyl (C=O) groups is 1. The molecule has 2 aromatic carbocycles. The molecule has 2 aromatic rings. The smallest absolute Gasteiger partial charge is 0.410 e. The topological polar surface area (TPSA) is 48.0 Å². The Morgan fingerprint density at radius 3 is 2.28 bits per heavy atom. The van der Waals surface area contributed by atoms with E-state index >= 15 is 0 Å². The summed E-state index contributed by atoms with van der Waals surface area (Å²) in [4.78, 5) is 14.7. The van der Waals surface area contributed by atoms with Gasteiger partial charge in [-0.15, -0.1) is 0 Å². The van der Waals surface area contributed by atoms with Crippen LogP contribution < -0.4 is 0 Å². The van der Waals surface area contributed by atoms with Gasteiger partial charge in [-0.2, -0.15) is 0 Å². The first kappa shape index (κ1) is 19.9. The van der Waals surface area contributed by atoms with Gasteiger partial charge in [0.2, 0.25) is 0 Å². The molecule has 5 heteroatoms. The highest BCUT2D eigenvalue weighted by atomic mass is 16.6. The highest BCUT2D eigenvalue weighted by Crippen LogP contribution is 2.37. The van der Waals surface area contributed by atoms with Crippen LogP contribution in [-0.4, -0.2) is 42.4 Å². The van der Waals surface area contributed by atoms with E-state index in [-0.39, 0.29) is 24.3 Å². The van der Waals surface area contributed by atoms with Crippen molar-refractivity contribution in [2.45, 2.75) is 51.2 Å². The molecule has 1 heterocycles. The van der Waals surface area contributed by atoms with Crippen molar-refractivity contribution in [1.82, 2.24) is 4.90 Å². The molecule has 1 aliphatic heterocycles. The Morgan fingerprint density at radius 1 is 1.00 bits per heavy atom. The average molecular weight is 395 g/mol. The van der Waals surface area contributed by atoms with Crippen LogP contribution in [0.1, 0.15) is 30.9 Å².